The molecule has 1 N–H and O–H groups in total. The van der Waals surface area contributed by atoms with E-state index in [9.17, 15) is 14.7 Å². The number of benzene rings is 2. The van der Waals surface area contributed by atoms with Crippen molar-refractivity contribution in [1.29, 1.82) is 0 Å². The van der Waals surface area contributed by atoms with E-state index in [2.05, 4.69) is 6.58 Å². The lowest BCUT2D eigenvalue weighted by molar-refractivity contribution is -0.174. The van der Waals surface area contributed by atoms with E-state index < -0.39 is 23.0 Å². The first-order valence-corrected chi connectivity index (χ1v) is 10.5. The van der Waals surface area contributed by atoms with Crippen LogP contribution in [0, 0.1) is 17.3 Å². The molecule has 0 aromatic heterocycles. The summed E-state index contributed by atoms with van der Waals surface area (Å²) in [6.45, 7) is 7.38. The van der Waals surface area contributed by atoms with E-state index in [0.29, 0.717) is 0 Å². The standard InChI is InChI=1S/C26H30O5/c1-4-21-15-26(16-22(21)25(2,3)29,23(27)30-17-19-11-7-5-8-12-19)24(28)31-18-20-13-9-6-10-14-20/h4-14,21-22,29H,1,15-18H2,2-3H3. The van der Waals surface area contributed by atoms with E-state index in [1.165, 1.54) is 0 Å². The van der Waals surface area contributed by atoms with Crippen LogP contribution in [0.3, 0.4) is 0 Å². The Balaban J connectivity index is 1.83. The van der Waals surface area contributed by atoms with Crippen LogP contribution in [0.1, 0.15) is 37.8 Å². The summed E-state index contributed by atoms with van der Waals surface area (Å²) < 4.78 is 11.2. The van der Waals surface area contributed by atoms with Crippen LogP contribution in [-0.2, 0) is 32.3 Å². The van der Waals surface area contributed by atoms with Gasteiger partial charge < -0.3 is 14.6 Å². The topological polar surface area (TPSA) is 72.8 Å². The molecule has 0 bridgehead atoms. The molecule has 2 unspecified atom stereocenters. The Kier molecular flexibility index (Phi) is 6.96. The van der Waals surface area contributed by atoms with E-state index in [1.54, 1.807) is 19.9 Å². The summed E-state index contributed by atoms with van der Waals surface area (Å²) >= 11 is 0. The van der Waals surface area contributed by atoms with Crippen LogP contribution in [0.5, 0.6) is 0 Å². The summed E-state index contributed by atoms with van der Waals surface area (Å²) in [5.74, 6) is -1.77. The fourth-order valence-corrected chi connectivity index (χ4v) is 4.32. The van der Waals surface area contributed by atoms with Crippen LogP contribution in [0.15, 0.2) is 73.3 Å². The van der Waals surface area contributed by atoms with Gasteiger partial charge in [-0.3, -0.25) is 9.59 Å². The molecule has 5 heteroatoms. The molecule has 0 heterocycles. The summed E-state index contributed by atoms with van der Waals surface area (Å²) in [5.41, 5.74) is -0.894. The van der Waals surface area contributed by atoms with Crippen molar-refractivity contribution in [3.63, 3.8) is 0 Å². The number of carbonyl (C=O) groups is 2. The fraction of sp³-hybridized carbons (Fsp3) is 0.385. The Morgan fingerprint density at radius 2 is 1.42 bits per heavy atom. The average molecular weight is 423 g/mol. The number of carbonyl (C=O) groups excluding carboxylic acids is 2. The summed E-state index contributed by atoms with van der Waals surface area (Å²) in [6.07, 6.45) is 2.06. The Hall–Kier alpha value is -2.92. The third kappa shape index (κ3) is 5.23. The Morgan fingerprint density at radius 1 is 0.968 bits per heavy atom. The lowest BCUT2D eigenvalue weighted by Crippen LogP contribution is -2.41. The van der Waals surface area contributed by atoms with Gasteiger partial charge in [0.1, 0.15) is 13.2 Å². The van der Waals surface area contributed by atoms with Gasteiger partial charge in [-0.25, -0.2) is 0 Å². The summed E-state index contributed by atoms with van der Waals surface area (Å²) in [5, 5.41) is 10.7. The lowest BCUT2D eigenvalue weighted by atomic mass is 9.81. The molecule has 2 aromatic rings. The minimum absolute atomic E-state index is 0.0688. The molecule has 1 fully saturated rings. The monoisotopic (exact) mass is 422 g/mol. The number of esters is 2. The molecule has 0 aliphatic heterocycles. The van der Waals surface area contributed by atoms with Gasteiger partial charge in [-0.05, 0) is 49.7 Å². The first-order chi connectivity index (χ1) is 14.8. The second-order valence-electron chi connectivity index (χ2n) is 8.77. The predicted octanol–water partition coefficient (Wildman–Crippen LogP) is 4.44. The molecule has 0 amide bonds. The third-order valence-corrected chi connectivity index (χ3v) is 6.09. The van der Waals surface area contributed by atoms with Gasteiger partial charge in [0.25, 0.3) is 0 Å². The smallest absolute Gasteiger partial charge is 0.323 e. The summed E-state index contributed by atoms with van der Waals surface area (Å²) in [7, 11) is 0. The van der Waals surface area contributed by atoms with Gasteiger partial charge in [0.2, 0.25) is 0 Å². The number of hydrogen-bond acceptors (Lipinski definition) is 5. The van der Waals surface area contributed by atoms with Gasteiger partial charge in [0.15, 0.2) is 5.41 Å². The highest BCUT2D eigenvalue weighted by Gasteiger charge is 2.59. The van der Waals surface area contributed by atoms with Crippen molar-refractivity contribution in [2.45, 2.75) is 45.5 Å². The molecular weight excluding hydrogens is 392 g/mol. The van der Waals surface area contributed by atoms with E-state index in [4.69, 9.17) is 9.47 Å². The van der Waals surface area contributed by atoms with Crippen molar-refractivity contribution in [2.75, 3.05) is 0 Å². The van der Waals surface area contributed by atoms with E-state index in [0.717, 1.165) is 11.1 Å². The van der Waals surface area contributed by atoms with E-state index >= 15 is 0 Å². The Labute approximate surface area is 183 Å². The first-order valence-electron chi connectivity index (χ1n) is 10.5. The van der Waals surface area contributed by atoms with Crippen LogP contribution >= 0.6 is 0 Å². The van der Waals surface area contributed by atoms with Gasteiger partial charge in [-0.2, -0.15) is 0 Å². The molecule has 1 aliphatic rings. The quantitative estimate of drug-likeness (QED) is 0.387. The predicted molar refractivity (Wildman–Crippen MR) is 118 cm³/mol. The molecule has 1 saturated carbocycles. The van der Waals surface area contributed by atoms with Crippen molar-refractivity contribution in [1.82, 2.24) is 0 Å². The van der Waals surface area contributed by atoms with Crippen LogP contribution < -0.4 is 0 Å². The molecule has 0 spiro atoms. The van der Waals surface area contributed by atoms with Gasteiger partial charge >= 0.3 is 11.9 Å². The third-order valence-electron chi connectivity index (χ3n) is 6.09. The number of aliphatic hydroxyl groups is 1. The molecule has 2 aromatic carbocycles. The van der Waals surface area contributed by atoms with Crippen molar-refractivity contribution >= 4 is 11.9 Å². The molecule has 0 radical (unpaired) electrons. The molecule has 31 heavy (non-hydrogen) atoms. The minimum atomic E-state index is -1.48. The van der Waals surface area contributed by atoms with Crippen molar-refractivity contribution < 1.29 is 24.2 Å². The van der Waals surface area contributed by atoms with Crippen molar-refractivity contribution in [3.8, 4) is 0 Å². The molecule has 164 valence electrons. The SMILES string of the molecule is C=CC1CC(C(=O)OCc2ccccc2)(C(=O)OCc2ccccc2)CC1C(C)(C)O. The van der Waals surface area contributed by atoms with Gasteiger partial charge in [0.05, 0.1) is 5.60 Å². The lowest BCUT2D eigenvalue weighted by Gasteiger charge is -2.30. The zero-order chi connectivity index (χ0) is 22.5. The number of rotatable bonds is 8. The number of ether oxygens (including phenoxy) is 2. The normalized spacial score (nSPS) is 20.1. The highest BCUT2D eigenvalue weighted by molar-refractivity contribution is 6.00. The van der Waals surface area contributed by atoms with Crippen LogP contribution in [0.2, 0.25) is 0 Å². The highest BCUT2D eigenvalue weighted by atomic mass is 16.6. The van der Waals surface area contributed by atoms with Crippen LogP contribution in [-0.4, -0.2) is 22.6 Å². The zero-order valence-electron chi connectivity index (χ0n) is 18.1. The summed E-state index contributed by atoms with van der Waals surface area (Å²) in [6, 6.07) is 18.6. The molecule has 1 aliphatic carbocycles. The molecule has 2 atom stereocenters. The second-order valence-corrected chi connectivity index (χ2v) is 8.77. The van der Waals surface area contributed by atoms with Gasteiger partial charge in [-0.1, -0.05) is 66.7 Å². The Bertz CT molecular complexity index is 843. The Morgan fingerprint density at radius 3 is 1.77 bits per heavy atom. The largest absolute Gasteiger partial charge is 0.460 e. The maximum Gasteiger partial charge on any atom is 0.323 e. The van der Waals surface area contributed by atoms with Crippen LogP contribution in [0.25, 0.3) is 0 Å². The molecule has 0 saturated heterocycles. The van der Waals surface area contributed by atoms with Crippen LogP contribution in [0.4, 0.5) is 0 Å². The fourth-order valence-electron chi connectivity index (χ4n) is 4.32. The summed E-state index contributed by atoms with van der Waals surface area (Å²) in [4.78, 5) is 26.6. The zero-order valence-corrected chi connectivity index (χ0v) is 18.1. The maximum atomic E-state index is 13.3. The maximum absolute atomic E-state index is 13.3. The van der Waals surface area contributed by atoms with Gasteiger partial charge in [0, 0.05) is 0 Å². The average Bonchev–Trinajstić information content (AvgIpc) is 3.19. The second kappa shape index (κ2) is 9.48. The highest BCUT2D eigenvalue weighted by Crippen LogP contribution is 2.51. The molecule has 5 nitrogen and oxygen atoms in total. The van der Waals surface area contributed by atoms with Gasteiger partial charge in [-0.15, -0.1) is 6.58 Å². The molecule has 3 rings (SSSR count). The number of hydrogen-bond donors (Lipinski definition) is 1. The minimum Gasteiger partial charge on any atom is -0.460 e. The van der Waals surface area contributed by atoms with Crippen molar-refractivity contribution in [2.24, 2.45) is 17.3 Å². The van der Waals surface area contributed by atoms with Crippen molar-refractivity contribution in [3.05, 3.63) is 84.4 Å². The van der Waals surface area contributed by atoms with E-state index in [1.807, 2.05) is 60.7 Å². The number of allylic oxidation sites excluding steroid dienone is 1. The molecular formula is C26H30O5. The first kappa shape index (κ1) is 22.8. The van der Waals surface area contributed by atoms with E-state index in [-0.39, 0.29) is 37.9 Å².